The molecular formula is C51H82O6. The first-order valence-electron chi connectivity index (χ1n) is 22.7. The van der Waals surface area contributed by atoms with E-state index < -0.39 is 12.1 Å². The molecule has 57 heavy (non-hydrogen) atoms. The van der Waals surface area contributed by atoms with Gasteiger partial charge in [0.1, 0.15) is 13.2 Å². The van der Waals surface area contributed by atoms with E-state index in [9.17, 15) is 14.4 Å². The van der Waals surface area contributed by atoms with Crippen molar-refractivity contribution in [2.45, 2.75) is 194 Å². The van der Waals surface area contributed by atoms with Crippen LogP contribution in [0, 0.1) is 0 Å². The predicted octanol–water partition coefficient (Wildman–Crippen LogP) is 14.6. The highest BCUT2D eigenvalue weighted by molar-refractivity contribution is 5.72. The Morgan fingerprint density at radius 3 is 1.23 bits per heavy atom. The third-order valence-corrected chi connectivity index (χ3v) is 9.12. The lowest BCUT2D eigenvalue weighted by Gasteiger charge is -2.18. The number of esters is 3. The van der Waals surface area contributed by atoms with Crippen molar-refractivity contribution in [3.63, 3.8) is 0 Å². The van der Waals surface area contributed by atoms with Gasteiger partial charge < -0.3 is 14.2 Å². The topological polar surface area (TPSA) is 78.9 Å². The summed E-state index contributed by atoms with van der Waals surface area (Å²) in [4.78, 5) is 37.6. The van der Waals surface area contributed by atoms with Gasteiger partial charge in [-0.3, -0.25) is 14.4 Å². The monoisotopic (exact) mass is 791 g/mol. The molecule has 6 nitrogen and oxygen atoms in total. The van der Waals surface area contributed by atoms with Crippen LogP contribution in [0.3, 0.4) is 0 Å². The summed E-state index contributed by atoms with van der Waals surface area (Å²) >= 11 is 0. The Kier molecular flexibility index (Phi) is 42.1. The molecule has 0 rings (SSSR count). The number of ether oxygens (including phenoxy) is 3. The number of carbonyl (C=O) groups excluding carboxylic acids is 3. The van der Waals surface area contributed by atoms with Gasteiger partial charge in [0.25, 0.3) is 0 Å². The maximum atomic E-state index is 12.7. The largest absolute Gasteiger partial charge is 0.462 e. The SMILES string of the molecule is CC/C=C\C/C=C\C/C=C\C/C=C\C/C=C\CCCCCC(=O)OCC(COC(=O)C/C=C\C/C=C\C/C=C\CC)OC(=O)CCCCCCCCCCCCC. The summed E-state index contributed by atoms with van der Waals surface area (Å²) < 4.78 is 16.5. The second kappa shape index (κ2) is 45.0. The van der Waals surface area contributed by atoms with Gasteiger partial charge in [-0.2, -0.15) is 0 Å². The maximum Gasteiger partial charge on any atom is 0.309 e. The second-order valence-electron chi connectivity index (χ2n) is 14.6. The van der Waals surface area contributed by atoms with Crippen molar-refractivity contribution < 1.29 is 28.6 Å². The van der Waals surface area contributed by atoms with Crippen LogP contribution in [0.4, 0.5) is 0 Å². The molecule has 0 aromatic carbocycles. The molecule has 0 saturated carbocycles. The standard InChI is InChI=1S/C51H82O6/c1-4-7-10-13-16-19-21-22-23-24-25-26-27-28-30-32-35-38-41-44-50(53)56-47-48(46-55-49(52)43-40-37-34-31-18-15-12-9-6-3)57-51(54)45-42-39-36-33-29-20-17-14-11-8-5-2/h7,9-10,12,16,18-19,22-23,25-26,28,30-31,37,40,48H,4-6,8,11,13-15,17,20-21,24,27,29,32-36,38-39,41-47H2,1-3H3/b10-7-,12-9-,19-16-,23-22-,26-25-,30-28-,31-18-,40-37-. The Morgan fingerprint density at radius 2 is 0.754 bits per heavy atom. The molecule has 0 aliphatic rings. The lowest BCUT2D eigenvalue weighted by molar-refractivity contribution is -0.166. The quantitative estimate of drug-likeness (QED) is 0.0267. The van der Waals surface area contributed by atoms with E-state index in [1.54, 1.807) is 6.08 Å². The van der Waals surface area contributed by atoms with E-state index in [2.05, 4.69) is 106 Å². The van der Waals surface area contributed by atoms with Crippen LogP contribution in [0.25, 0.3) is 0 Å². The molecule has 6 heteroatoms. The summed E-state index contributed by atoms with van der Waals surface area (Å²) in [5, 5.41) is 0. The Bertz CT molecular complexity index is 1180. The summed E-state index contributed by atoms with van der Waals surface area (Å²) in [6, 6.07) is 0. The van der Waals surface area contributed by atoms with Crippen LogP contribution >= 0.6 is 0 Å². The van der Waals surface area contributed by atoms with Gasteiger partial charge in [-0.1, -0.05) is 189 Å². The van der Waals surface area contributed by atoms with Crippen molar-refractivity contribution in [2.24, 2.45) is 0 Å². The Balaban J connectivity index is 4.45. The summed E-state index contributed by atoms with van der Waals surface area (Å²) in [7, 11) is 0. The molecule has 0 heterocycles. The second-order valence-corrected chi connectivity index (χ2v) is 14.6. The summed E-state index contributed by atoms with van der Waals surface area (Å²) in [6.45, 7) is 6.24. The van der Waals surface area contributed by atoms with Crippen LogP contribution in [0.5, 0.6) is 0 Å². The summed E-state index contributed by atoms with van der Waals surface area (Å²) in [6.07, 6.45) is 58.5. The molecular weight excluding hydrogens is 709 g/mol. The van der Waals surface area contributed by atoms with Gasteiger partial charge >= 0.3 is 17.9 Å². The zero-order valence-corrected chi connectivity index (χ0v) is 36.6. The zero-order chi connectivity index (χ0) is 41.5. The van der Waals surface area contributed by atoms with E-state index in [0.717, 1.165) is 96.3 Å². The fourth-order valence-electron chi connectivity index (χ4n) is 5.76. The lowest BCUT2D eigenvalue weighted by Crippen LogP contribution is -2.30. The molecule has 0 spiro atoms. The normalized spacial score (nSPS) is 13.0. The number of allylic oxidation sites excluding steroid dienone is 15. The minimum absolute atomic E-state index is 0.122. The van der Waals surface area contributed by atoms with Crippen molar-refractivity contribution in [1.29, 1.82) is 0 Å². The number of hydrogen-bond donors (Lipinski definition) is 0. The molecule has 0 fully saturated rings. The van der Waals surface area contributed by atoms with Crippen molar-refractivity contribution in [3.8, 4) is 0 Å². The van der Waals surface area contributed by atoms with E-state index in [0.29, 0.717) is 12.8 Å². The number of rotatable bonds is 39. The number of carbonyl (C=O) groups is 3. The average Bonchev–Trinajstić information content (AvgIpc) is 3.21. The molecule has 0 aliphatic heterocycles. The molecule has 0 aromatic rings. The van der Waals surface area contributed by atoms with Gasteiger partial charge in [-0.15, -0.1) is 0 Å². The van der Waals surface area contributed by atoms with Crippen LogP contribution < -0.4 is 0 Å². The van der Waals surface area contributed by atoms with E-state index in [1.807, 2.05) is 6.08 Å². The first kappa shape index (κ1) is 53.3. The average molecular weight is 791 g/mol. The van der Waals surface area contributed by atoms with Gasteiger partial charge in [0, 0.05) is 12.8 Å². The molecule has 0 saturated heterocycles. The van der Waals surface area contributed by atoms with Crippen LogP contribution in [-0.2, 0) is 28.6 Å². The van der Waals surface area contributed by atoms with Crippen LogP contribution in [0.1, 0.15) is 188 Å². The molecule has 1 atom stereocenters. The van der Waals surface area contributed by atoms with Gasteiger partial charge in [0.05, 0.1) is 6.42 Å². The van der Waals surface area contributed by atoms with E-state index in [-0.39, 0.29) is 31.6 Å². The molecule has 0 bridgehead atoms. The fourth-order valence-corrected chi connectivity index (χ4v) is 5.76. The zero-order valence-electron chi connectivity index (χ0n) is 36.6. The van der Waals surface area contributed by atoms with Crippen LogP contribution in [-0.4, -0.2) is 37.2 Å². The predicted molar refractivity (Wildman–Crippen MR) is 242 cm³/mol. The molecule has 0 aliphatic carbocycles. The van der Waals surface area contributed by atoms with Crippen LogP contribution in [0.15, 0.2) is 97.2 Å². The minimum Gasteiger partial charge on any atom is -0.462 e. The van der Waals surface area contributed by atoms with Crippen molar-refractivity contribution in [2.75, 3.05) is 13.2 Å². The molecule has 0 N–H and O–H groups in total. The highest BCUT2D eigenvalue weighted by Crippen LogP contribution is 2.13. The molecule has 0 amide bonds. The summed E-state index contributed by atoms with van der Waals surface area (Å²) in [5.41, 5.74) is 0. The molecule has 0 aromatic heterocycles. The molecule has 0 radical (unpaired) electrons. The number of hydrogen-bond acceptors (Lipinski definition) is 6. The van der Waals surface area contributed by atoms with Gasteiger partial charge in [0.2, 0.25) is 0 Å². The Hall–Kier alpha value is -3.67. The van der Waals surface area contributed by atoms with Gasteiger partial charge in [-0.25, -0.2) is 0 Å². The van der Waals surface area contributed by atoms with Gasteiger partial charge in [-0.05, 0) is 77.0 Å². The highest BCUT2D eigenvalue weighted by Gasteiger charge is 2.19. The fraction of sp³-hybridized carbons (Fsp3) is 0.627. The first-order valence-corrected chi connectivity index (χ1v) is 22.7. The first-order chi connectivity index (χ1) is 28.0. The van der Waals surface area contributed by atoms with E-state index in [4.69, 9.17) is 14.2 Å². The molecule has 1 unspecified atom stereocenters. The van der Waals surface area contributed by atoms with Crippen molar-refractivity contribution in [3.05, 3.63) is 97.2 Å². The summed E-state index contributed by atoms with van der Waals surface area (Å²) in [5.74, 6) is -1.09. The lowest BCUT2D eigenvalue weighted by atomic mass is 10.1. The van der Waals surface area contributed by atoms with Crippen LogP contribution in [0.2, 0.25) is 0 Å². The highest BCUT2D eigenvalue weighted by atomic mass is 16.6. The van der Waals surface area contributed by atoms with E-state index >= 15 is 0 Å². The van der Waals surface area contributed by atoms with Crippen molar-refractivity contribution >= 4 is 17.9 Å². The third-order valence-electron chi connectivity index (χ3n) is 9.12. The smallest absolute Gasteiger partial charge is 0.309 e. The van der Waals surface area contributed by atoms with Gasteiger partial charge in [0.15, 0.2) is 6.10 Å². The van der Waals surface area contributed by atoms with E-state index in [1.165, 1.54) is 51.4 Å². The third kappa shape index (κ3) is 43.3. The number of unbranched alkanes of at least 4 members (excludes halogenated alkanes) is 13. The minimum atomic E-state index is -0.823. The maximum absolute atomic E-state index is 12.7. The Morgan fingerprint density at radius 1 is 0.386 bits per heavy atom. The molecule has 322 valence electrons. The Labute approximate surface area is 349 Å². The van der Waals surface area contributed by atoms with Crippen molar-refractivity contribution in [1.82, 2.24) is 0 Å².